The van der Waals surface area contributed by atoms with Crippen LogP contribution in [0.25, 0.3) is 0 Å². The number of aromatic nitrogens is 2. The highest BCUT2D eigenvalue weighted by Crippen LogP contribution is 2.37. The van der Waals surface area contributed by atoms with Gasteiger partial charge in [0.15, 0.2) is 0 Å². The van der Waals surface area contributed by atoms with Crippen molar-refractivity contribution in [2.24, 2.45) is 5.92 Å². The molecule has 1 aromatic rings. The third-order valence-corrected chi connectivity index (χ3v) is 3.70. The van der Waals surface area contributed by atoms with Gasteiger partial charge in [-0.2, -0.15) is 0 Å². The van der Waals surface area contributed by atoms with E-state index in [-0.39, 0.29) is 0 Å². The first-order valence-corrected chi connectivity index (χ1v) is 6.52. The molecule has 3 heteroatoms. The van der Waals surface area contributed by atoms with Crippen molar-refractivity contribution in [1.82, 2.24) is 9.55 Å². The first-order chi connectivity index (χ1) is 7.72. The van der Waals surface area contributed by atoms with Gasteiger partial charge in [0.05, 0.1) is 12.0 Å². The van der Waals surface area contributed by atoms with E-state index in [1.165, 1.54) is 25.7 Å². The molecular weight excluding hydrogens is 198 g/mol. The van der Waals surface area contributed by atoms with Gasteiger partial charge in [0.25, 0.3) is 0 Å². The van der Waals surface area contributed by atoms with E-state index in [0.29, 0.717) is 5.92 Å². The van der Waals surface area contributed by atoms with Crippen molar-refractivity contribution >= 4 is 5.82 Å². The summed E-state index contributed by atoms with van der Waals surface area (Å²) in [6.45, 7) is 5.49. The van der Waals surface area contributed by atoms with Crippen LogP contribution in [0, 0.1) is 5.92 Å². The number of hydrogen-bond acceptors (Lipinski definition) is 2. The fourth-order valence-electron chi connectivity index (χ4n) is 2.82. The molecule has 2 atom stereocenters. The minimum Gasteiger partial charge on any atom is -0.384 e. The summed E-state index contributed by atoms with van der Waals surface area (Å²) in [4.78, 5) is 4.53. The van der Waals surface area contributed by atoms with Crippen molar-refractivity contribution in [2.75, 3.05) is 5.73 Å². The second kappa shape index (κ2) is 4.89. The van der Waals surface area contributed by atoms with Crippen LogP contribution in [-0.2, 0) is 6.54 Å². The van der Waals surface area contributed by atoms with E-state index in [0.717, 1.165) is 30.4 Å². The number of nitrogens with two attached hydrogens (primary N) is 1. The molecule has 0 aliphatic heterocycles. The molecule has 0 spiro atoms. The number of nitrogen functional groups attached to an aromatic ring is 1. The standard InChI is InChI=1S/C13H23N3/c1-3-7-16-9-15-12(13(16)14)11-6-4-5-10(2)8-11/h9-11H,3-8,14H2,1-2H3. The predicted molar refractivity (Wildman–Crippen MR) is 67.3 cm³/mol. The minimum absolute atomic E-state index is 0.599. The third kappa shape index (κ3) is 2.23. The highest BCUT2D eigenvalue weighted by molar-refractivity contribution is 5.38. The van der Waals surface area contributed by atoms with Gasteiger partial charge in [-0.3, -0.25) is 0 Å². The summed E-state index contributed by atoms with van der Waals surface area (Å²) >= 11 is 0. The highest BCUT2D eigenvalue weighted by Gasteiger charge is 2.24. The van der Waals surface area contributed by atoms with Gasteiger partial charge in [-0.25, -0.2) is 4.98 Å². The molecule has 0 amide bonds. The lowest BCUT2D eigenvalue weighted by atomic mass is 9.81. The van der Waals surface area contributed by atoms with Gasteiger partial charge in [0.1, 0.15) is 5.82 Å². The molecule has 2 unspecified atom stereocenters. The fourth-order valence-corrected chi connectivity index (χ4v) is 2.82. The Labute approximate surface area is 98.1 Å². The SMILES string of the molecule is CCCn1cnc(C2CCCC(C)C2)c1N. The van der Waals surface area contributed by atoms with Crippen LogP contribution >= 0.6 is 0 Å². The Hall–Kier alpha value is -0.990. The van der Waals surface area contributed by atoms with E-state index < -0.39 is 0 Å². The van der Waals surface area contributed by atoms with Crippen molar-refractivity contribution in [3.05, 3.63) is 12.0 Å². The molecule has 2 N–H and O–H groups in total. The average Bonchev–Trinajstić information content (AvgIpc) is 2.61. The zero-order valence-electron chi connectivity index (χ0n) is 10.4. The lowest BCUT2D eigenvalue weighted by Crippen LogP contribution is -2.14. The number of nitrogens with zero attached hydrogens (tertiary/aromatic N) is 2. The van der Waals surface area contributed by atoms with Gasteiger partial charge < -0.3 is 10.3 Å². The van der Waals surface area contributed by atoms with E-state index in [4.69, 9.17) is 5.73 Å². The molecule has 16 heavy (non-hydrogen) atoms. The van der Waals surface area contributed by atoms with Gasteiger partial charge in [-0.05, 0) is 25.2 Å². The first-order valence-electron chi connectivity index (χ1n) is 6.52. The van der Waals surface area contributed by atoms with Gasteiger partial charge >= 0.3 is 0 Å². The molecule has 1 fully saturated rings. The van der Waals surface area contributed by atoms with E-state index >= 15 is 0 Å². The second-order valence-corrected chi connectivity index (χ2v) is 5.18. The molecule has 1 aliphatic rings. The largest absolute Gasteiger partial charge is 0.384 e. The van der Waals surface area contributed by atoms with Crippen LogP contribution in [0.3, 0.4) is 0 Å². The zero-order valence-corrected chi connectivity index (χ0v) is 10.4. The Kier molecular flexibility index (Phi) is 3.52. The molecule has 0 aromatic carbocycles. The quantitative estimate of drug-likeness (QED) is 0.852. The van der Waals surface area contributed by atoms with Gasteiger partial charge in [-0.15, -0.1) is 0 Å². The third-order valence-electron chi connectivity index (χ3n) is 3.70. The average molecular weight is 221 g/mol. The summed E-state index contributed by atoms with van der Waals surface area (Å²) in [5, 5.41) is 0. The summed E-state index contributed by atoms with van der Waals surface area (Å²) in [7, 11) is 0. The summed E-state index contributed by atoms with van der Waals surface area (Å²) in [6, 6.07) is 0. The van der Waals surface area contributed by atoms with Crippen molar-refractivity contribution in [1.29, 1.82) is 0 Å². The number of hydrogen-bond donors (Lipinski definition) is 1. The number of imidazole rings is 1. The molecule has 2 rings (SSSR count). The van der Waals surface area contributed by atoms with Crippen LogP contribution in [0.4, 0.5) is 5.82 Å². The molecular formula is C13H23N3. The molecule has 0 saturated heterocycles. The molecule has 1 heterocycles. The number of anilines is 1. The lowest BCUT2D eigenvalue weighted by molar-refractivity contribution is 0.341. The van der Waals surface area contributed by atoms with Crippen LogP contribution in [0.15, 0.2) is 6.33 Å². The Morgan fingerprint density at radius 3 is 3.00 bits per heavy atom. The normalized spacial score (nSPS) is 25.9. The van der Waals surface area contributed by atoms with E-state index in [1.54, 1.807) is 0 Å². The van der Waals surface area contributed by atoms with Crippen LogP contribution < -0.4 is 5.73 Å². The monoisotopic (exact) mass is 221 g/mol. The van der Waals surface area contributed by atoms with E-state index in [9.17, 15) is 0 Å². The molecule has 1 aromatic heterocycles. The topological polar surface area (TPSA) is 43.8 Å². The molecule has 1 aliphatic carbocycles. The summed E-state index contributed by atoms with van der Waals surface area (Å²) in [5.74, 6) is 2.33. The van der Waals surface area contributed by atoms with Crippen LogP contribution in [-0.4, -0.2) is 9.55 Å². The molecule has 3 nitrogen and oxygen atoms in total. The fraction of sp³-hybridized carbons (Fsp3) is 0.769. The highest BCUT2D eigenvalue weighted by atomic mass is 15.1. The zero-order chi connectivity index (χ0) is 11.5. The summed E-state index contributed by atoms with van der Waals surface area (Å²) in [5.41, 5.74) is 7.32. The van der Waals surface area contributed by atoms with Crippen molar-refractivity contribution in [3.63, 3.8) is 0 Å². The van der Waals surface area contributed by atoms with Crippen molar-refractivity contribution in [3.8, 4) is 0 Å². The first kappa shape index (κ1) is 11.5. The second-order valence-electron chi connectivity index (χ2n) is 5.18. The van der Waals surface area contributed by atoms with Crippen molar-refractivity contribution in [2.45, 2.75) is 58.4 Å². The maximum atomic E-state index is 6.17. The maximum Gasteiger partial charge on any atom is 0.126 e. The molecule has 1 saturated carbocycles. The van der Waals surface area contributed by atoms with E-state index in [2.05, 4.69) is 23.4 Å². The summed E-state index contributed by atoms with van der Waals surface area (Å²) in [6.07, 6.45) is 8.23. The maximum absolute atomic E-state index is 6.17. The Morgan fingerprint density at radius 1 is 1.50 bits per heavy atom. The van der Waals surface area contributed by atoms with Crippen LogP contribution in [0.2, 0.25) is 0 Å². The predicted octanol–water partition coefficient (Wildman–Crippen LogP) is 3.17. The van der Waals surface area contributed by atoms with Gasteiger partial charge in [-0.1, -0.05) is 26.7 Å². The van der Waals surface area contributed by atoms with Gasteiger partial charge in [0.2, 0.25) is 0 Å². The molecule has 0 radical (unpaired) electrons. The van der Waals surface area contributed by atoms with E-state index in [1.807, 2.05) is 6.33 Å². The Morgan fingerprint density at radius 2 is 2.31 bits per heavy atom. The number of rotatable bonds is 3. The summed E-state index contributed by atoms with van der Waals surface area (Å²) < 4.78 is 2.09. The van der Waals surface area contributed by atoms with Crippen molar-refractivity contribution < 1.29 is 0 Å². The Balaban J connectivity index is 2.13. The minimum atomic E-state index is 0.599. The Bertz CT molecular complexity index is 343. The van der Waals surface area contributed by atoms with Crippen LogP contribution in [0.1, 0.15) is 57.6 Å². The molecule has 90 valence electrons. The van der Waals surface area contributed by atoms with Gasteiger partial charge in [0, 0.05) is 12.5 Å². The van der Waals surface area contributed by atoms with Crippen LogP contribution in [0.5, 0.6) is 0 Å². The molecule has 0 bridgehead atoms. The smallest absolute Gasteiger partial charge is 0.126 e. The number of aryl methyl sites for hydroxylation is 1. The lowest BCUT2D eigenvalue weighted by Gasteiger charge is -2.25.